The molecule has 0 radical (unpaired) electrons. The minimum absolute atomic E-state index is 0.128. The van der Waals surface area contributed by atoms with Crippen molar-refractivity contribution >= 4 is 11.9 Å². The summed E-state index contributed by atoms with van der Waals surface area (Å²) < 4.78 is 15.9. The quantitative estimate of drug-likeness (QED) is 0.702. The molecule has 0 aromatic heterocycles. The van der Waals surface area contributed by atoms with Crippen molar-refractivity contribution in [3.8, 4) is 17.2 Å². The van der Waals surface area contributed by atoms with Gasteiger partial charge in [0.05, 0.1) is 39.0 Å². The molecule has 0 spiro atoms. The highest BCUT2D eigenvalue weighted by atomic mass is 16.5. The van der Waals surface area contributed by atoms with Gasteiger partial charge in [-0.15, -0.1) is 0 Å². The molecular weight excluding hydrogens is 350 g/mol. The molecule has 0 heterocycles. The standard InChI is InChI=1S/C20H23NO6/c1-25-15-10-17(26-2)16(18(11-15)27-3)12-21-19(22)9-6-13-4-7-14(8-5-13)20(23)24/h4-5,7-8,10-11H,6,9,12H2,1-3H3,(H,21,22)(H,23,24). The van der Waals surface area contributed by atoms with Crippen LogP contribution in [0.2, 0.25) is 0 Å². The van der Waals surface area contributed by atoms with E-state index in [9.17, 15) is 9.59 Å². The van der Waals surface area contributed by atoms with Gasteiger partial charge in [0.25, 0.3) is 0 Å². The molecule has 0 aliphatic rings. The van der Waals surface area contributed by atoms with Crippen molar-refractivity contribution in [2.75, 3.05) is 21.3 Å². The van der Waals surface area contributed by atoms with Crippen molar-refractivity contribution in [3.05, 3.63) is 53.1 Å². The van der Waals surface area contributed by atoms with E-state index >= 15 is 0 Å². The van der Waals surface area contributed by atoms with Crippen molar-refractivity contribution in [2.45, 2.75) is 19.4 Å². The first-order valence-corrected chi connectivity index (χ1v) is 8.36. The summed E-state index contributed by atoms with van der Waals surface area (Å²) in [6, 6.07) is 9.95. The summed E-state index contributed by atoms with van der Waals surface area (Å²) in [6.07, 6.45) is 0.801. The Balaban J connectivity index is 1.96. The fraction of sp³-hybridized carbons (Fsp3) is 0.300. The molecule has 2 rings (SSSR count). The zero-order chi connectivity index (χ0) is 19.8. The average molecular weight is 373 g/mol. The summed E-state index contributed by atoms with van der Waals surface area (Å²) in [7, 11) is 4.64. The van der Waals surface area contributed by atoms with Crippen molar-refractivity contribution in [1.82, 2.24) is 5.32 Å². The normalized spacial score (nSPS) is 10.2. The van der Waals surface area contributed by atoms with Gasteiger partial charge in [0.2, 0.25) is 5.91 Å². The van der Waals surface area contributed by atoms with Crippen LogP contribution in [0.5, 0.6) is 17.2 Å². The Bertz CT molecular complexity index is 776. The Morgan fingerprint density at radius 2 is 1.56 bits per heavy atom. The molecule has 2 aromatic rings. The second-order valence-corrected chi connectivity index (χ2v) is 5.79. The molecule has 0 atom stereocenters. The lowest BCUT2D eigenvalue weighted by Crippen LogP contribution is -2.23. The van der Waals surface area contributed by atoms with Crippen molar-refractivity contribution in [3.63, 3.8) is 0 Å². The first-order valence-electron chi connectivity index (χ1n) is 8.36. The number of amides is 1. The third kappa shape index (κ3) is 5.37. The molecule has 0 unspecified atom stereocenters. The summed E-state index contributed by atoms with van der Waals surface area (Å²) >= 11 is 0. The fourth-order valence-electron chi connectivity index (χ4n) is 2.60. The van der Waals surface area contributed by atoms with E-state index in [1.54, 1.807) is 45.6 Å². The molecule has 0 fully saturated rings. The lowest BCUT2D eigenvalue weighted by molar-refractivity contribution is -0.121. The van der Waals surface area contributed by atoms with Gasteiger partial charge in [0.1, 0.15) is 17.2 Å². The van der Waals surface area contributed by atoms with Crippen LogP contribution in [0.15, 0.2) is 36.4 Å². The van der Waals surface area contributed by atoms with E-state index < -0.39 is 5.97 Å². The Kier molecular flexibility index (Phi) is 7.05. The van der Waals surface area contributed by atoms with Gasteiger partial charge in [0, 0.05) is 18.6 Å². The number of carboxylic acid groups (broad SMARTS) is 1. The van der Waals surface area contributed by atoms with E-state index in [1.807, 2.05) is 0 Å². The first-order chi connectivity index (χ1) is 13.0. The Hall–Kier alpha value is -3.22. The summed E-state index contributed by atoms with van der Waals surface area (Å²) in [4.78, 5) is 23.0. The average Bonchev–Trinajstić information content (AvgIpc) is 2.70. The number of ether oxygens (including phenoxy) is 3. The smallest absolute Gasteiger partial charge is 0.335 e. The number of benzene rings is 2. The molecule has 7 nitrogen and oxygen atoms in total. The van der Waals surface area contributed by atoms with Crippen LogP contribution in [0, 0.1) is 0 Å². The number of aryl methyl sites for hydroxylation is 1. The second kappa shape index (κ2) is 9.47. The summed E-state index contributed by atoms with van der Waals surface area (Å²) in [5.74, 6) is 0.633. The molecule has 0 saturated heterocycles. The van der Waals surface area contributed by atoms with E-state index in [1.165, 1.54) is 12.1 Å². The lowest BCUT2D eigenvalue weighted by atomic mass is 10.1. The van der Waals surface area contributed by atoms with Gasteiger partial charge in [-0.25, -0.2) is 4.79 Å². The van der Waals surface area contributed by atoms with Gasteiger partial charge >= 0.3 is 5.97 Å². The number of carboxylic acids is 1. The third-order valence-corrected chi connectivity index (χ3v) is 4.12. The first kappa shape index (κ1) is 20.1. The highest BCUT2D eigenvalue weighted by Gasteiger charge is 2.14. The summed E-state index contributed by atoms with van der Waals surface area (Å²) in [6.45, 7) is 0.257. The van der Waals surface area contributed by atoms with Gasteiger partial charge < -0.3 is 24.6 Å². The van der Waals surface area contributed by atoms with Crippen molar-refractivity contribution in [1.29, 1.82) is 0 Å². The predicted octanol–water partition coefficient (Wildman–Crippen LogP) is 2.66. The second-order valence-electron chi connectivity index (χ2n) is 5.79. The van der Waals surface area contributed by atoms with Crippen LogP contribution in [0.25, 0.3) is 0 Å². The number of rotatable bonds is 9. The fourth-order valence-corrected chi connectivity index (χ4v) is 2.60. The highest BCUT2D eigenvalue weighted by molar-refractivity contribution is 5.87. The molecule has 144 valence electrons. The van der Waals surface area contributed by atoms with E-state index in [-0.39, 0.29) is 24.4 Å². The molecule has 0 aliphatic heterocycles. The number of carbonyl (C=O) groups excluding carboxylic acids is 1. The van der Waals surface area contributed by atoms with E-state index in [0.717, 1.165) is 11.1 Å². The molecule has 0 aliphatic carbocycles. The maximum Gasteiger partial charge on any atom is 0.335 e. The van der Waals surface area contributed by atoms with Crippen LogP contribution in [0.3, 0.4) is 0 Å². The Morgan fingerprint density at radius 1 is 0.963 bits per heavy atom. The number of nitrogens with one attached hydrogen (secondary N) is 1. The van der Waals surface area contributed by atoms with Gasteiger partial charge in [-0.2, -0.15) is 0 Å². The largest absolute Gasteiger partial charge is 0.496 e. The van der Waals surface area contributed by atoms with E-state index in [0.29, 0.717) is 23.7 Å². The van der Waals surface area contributed by atoms with E-state index in [4.69, 9.17) is 19.3 Å². The molecule has 0 bridgehead atoms. The highest BCUT2D eigenvalue weighted by Crippen LogP contribution is 2.33. The van der Waals surface area contributed by atoms with E-state index in [2.05, 4.69) is 5.32 Å². The summed E-state index contributed by atoms with van der Waals surface area (Å²) in [5.41, 5.74) is 1.84. The monoisotopic (exact) mass is 373 g/mol. The Morgan fingerprint density at radius 3 is 2.04 bits per heavy atom. The minimum Gasteiger partial charge on any atom is -0.496 e. The van der Waals surface area contributed by atoms with Gasteiger partial charge in [-0.1, -0.05) is 12.1 Å². The van der Waals surface area contributed by atoms with Gasteiger partial charge in [-0.05, 0) is 24.1 Å². The van der Waals surface area contributed by atoms with Gasteiger partial charge in [0.15, 0.2) is 0 Å². The minimum atomic E-state index is -0.971. The van der Waals surface area contributed by atoms with Crippen LogP contribution in [-0.2, 0) is 17.8 Å². The third-order valence-electron chi connectivity index (χ3n) is 4.12. The number of carbonyl (C=O) groups is 2. The zero-order valence-corrected chi connectivity index (χ0v) is 15.6. The SMILES string of the molecule is COc1cc(OC)c(CNC(=O)CCc2ccc(C(=O)O)cc2)c(OC)c1. The number of aromatic carboxylic acids is 1. The molecule has 27 heavy (non-hydrogen) atoms. The van der Waals surface area contributed by atoms with Crippen molar-refractivity contribution < 1.29 is 28.9 Å². The number of hydrogen-bond donors (Lipinski definition) is 2. The van der Waals surface area contributed by atoms with Crippen LogP contribution >= 0.6 is 0 Å². The van der Waals surface area contributed by atoms with Crippen LogP contribution in [-0.4, -0.2) is 38.3 Å². The molecule has 7 heteroatoms. The Labute approximate surface area is 157 Å². The maximum absolute atomic E-state index is 12.2. The summed E-state index contributed by atoms with van der Waals surface area (Å²) in [5, 5.41) is 11.7. The van der Waals surface area contributed by atoms with Crippen LogP contribution in [0.4, 0.5) is 0 Å². The van der Waals surface area contributed by atoms with Crippen molar-refractivity contribution in [2.24, 2.45) is 0 Å². The molecule has 0 saturated carbocycles. The number of methoxy groups -OCH3 is 3. The number of hydrogen-bond acceptors (Lipinski definition) is 5. The van der Waals surface area contributed by atoms with Crippen LogP contribution < -0.4 is 19.5 Å². The zero-order valence-electron chi connectivity index (χ0n) is 15.6. The molecule has 1 amide bonds. The van der Waals surface area contributed by atoms with Gasteiger partial charge in [-0.3, -0.25) is 4.79 Å². The topological polar surface area (TPSA) is 94.1 Å². The molecule has 2 aromatic carbocycles. The predicted molar refractivity (Wildman–Crippen MR) is 99.7 cm³/mol. The molecular formula is C20H23NO6. The lowest BCUT2D eigenvalue weighted by Gasteiger charge is -2.15. The van der Waals surface area contributed by atoms with Crippen LogP contribution in [0.1, 0.15) is 27.9 Å². The molecule has 2 N–H and O–H groups in total. The maximum atomic E-state index is 12.2.